The molecule has 2 atom stereocenters. The van der Waals surface area contributed by atoms with E-state index in [0.29, 0.717) is 5.92 Å². The van der Waals surface area contributed by atoms with Gasteiger partial charge < -0.3 is 4.74 Å². The van der Waals surface area contributed by atoms with Crippen molar-refractivity contribution in [3.63, 3.8) is 0 Å². The van der Waals surface area contributed by atoms with Crippen molar-refractivity contribution in [1.82, 2.24) is 0 Å². The van der Waals surface area contributed by atoms with E-state index in [2.05, 4.69) is 6.92 Å². The molecule has 1 aliphatic heterocycles. The van der Waals surface area contributed by atoms with E-state index in [4.69, 9.17) is 4.74 Å². The fourth-order valence-electron chi connectivity index (χ4n) is 1.83. The summed E-state index contributed by atoms with van der Waals surface area (Å²) < 4.78 is 5.24. The Morgan fingerprint density at radius 2 is 2.00 bits per heavy atom. The fourth-order valence-corrected chi connectivity index (χ4v) is 1.83. The summed E-state index contributed by atoms with van der Waals surface area (Å²) in [6, 6.07) is 5.98. The minimum atomic E-state index is -0.186. The smallest absolute Gasteiger partial charge is 0.338 e. The zero-order chi connectivity index (χ0) is 10.3. The van der Waals surface area contributed by atoms with Gasteiger partial charge in [0, 0.05) is 5.92 Å². The van der Waals surface area contributed by atoms with Crippen LogP contribution in [0.5, 0.6) is 0 Å². The lowest BCUT2D eigenvalue weighted by Gasteiger charge is -2.28. The van der Waals surface area contributed by atoms with Gasteiger partial charge in [0.25, 0.3) is 0 Å². The highest BCUT2D eigenvalue weighted by atomic mass is 16.5. The maximum atomic E-state index is 11.6. The van der Waals surface area contributed by atoms with Gasteiger partial charge in [0.1, 0.15) is 6.10 Å². The molecule has 0 unspecified atom stereocenters. The third-order valence-electron chi connectivity index (χ3n) is 2.92. The van der Waals surface area contributed by atoms with Crippen LogP contribution < -0.4 is 0 Å². The van der Waals surface area contributed by atoms with Crippen LogP contribution in [0.4, 0.5) is 0 Å². The lowest BCUT2D eigenvalue weighted by molar-refractivity contribution is 0.0241. The quantitative estimate of drug-likeness (QED) is 0.588. The van der Waals surface area contributed by atoms with Crippen molar-refractivity contribution < 1.29 is 9.53 Å². The molecule has 1 heterocycles. The standard InChI is InChI=1S/C12H14O2/c1-7-4-5-10-8(2)9(3)14-12(13)11(10)6-7/h4-6,8-9H,1-3H3/t8-,9+/m1/s1. The number of ether oxygens (including phenoxy) is 1. The van der Waals surface area contributed by atoms with Crippen molar-refractivity contribution in [2.24, 2.45) is 0 Å². The molecule has 0 bridgehead atoms. The Kier molecular flexibility index (Phi) is 2.06. The van der Waals surface area contributed by atoms with Crippen LogP contribution in [0.1, 0.15) is 41.3 Å². The number of carbonyl (C=O) groups is 1. The molecule has 0 aliphatic carbocycles. The number of benzene rings is 1. The number of rotatable bonds is 0. The number of esters is 1. The maximum absolute atomic E-state index is 11.6. The third-order valence-corrected chi connectivity index (χ3v) is 2.92. The Bertz CT molecular complexity index is 382. The highest BCUT2D eigenvalue weighted by Gasteiger charge is 2.29. The summed E-state index contributed by atoms with van der Waals surface area (Å²) in [4.78, 5) is 11.6. The maximum Gasteiger partial charge on any atom is 0.338 e. The molecule has 0 fully saturated rings. The van der Waals surface area contributed by atoms with E-state index in [9.17, 15) is 4.79 Å². The number of aryl methyl sites for hydroxylation is 1. The summed E-state index contributed by atoms with van der Waals surface area (Å²) in [6.45, 7) is 6.01. The molecule has 0 radical (unpaired) electrons. The topological polar surface area (TPSA) is 26.3 Å². The van der Waals surface area contributed by atoms with Crippen LogP contribution in [-0.4, -0.2) is 12.1 Å². The molecule has 0 spiro atoms. The fraction of sp³-hybridized carbons (Fsp3) is 0.417. The zero-order valence-corrected chi connectivity index (χ0v) is 8.70. The molecule has 0 saturated carbocycles. The van der Waals surface area contributed by atoms with Crippen LogP contribution in [0.2, 0.25) is 0 Å². The first kappa shape index (κ1) is 9.25. The van der Waals surface area contributed by atoms with E-state index >= 15 is 0 Å². The predicted molar refractivity (Wildman–Crippen MR) is 54.5 cm³/mol. The van der Waals surface area contributed by atoms with E-state index in [1.807, 2.05) is 32.0 Å². The second-order valence-corrected chi connectivity index (χ2v) is 3.99. The molecular formula is C12H14O2. The predicted octanol–water partition coefficient (Wildman–Crippen LogP) is 2.66. The van der Waals surface area contributed by atoms with Gasteiger partial charge in [-0.3, -0.25) is 0 Å². The van der Waals surface area contributed by atoms with Crippen molar-refractivity contribution in [3.8, 4) is 0 Å². The van der Waals surface area contributed by atoms with Gasteiger partial charge in [0.2, 0.25) is 0 Å². The number of hydrogen-bond donors (Lipinski definition) is 0. The monoisotopic (exact) mass is 190 g/mol. The Hall–Kier alpha value is -1.31. The summed E-state index contributed by atoms with van der Waals surface area (Å²) in [5.41, 5.74) is 2.94. The number of cyclic esters (lactones) is 1. The largest absolute Gasteiger partial charge is 0.458 e. The summed E-state index contributed by atoms with van der Waals surface area (Å²) in [5, 5.41) is 0. The van der Waals surface area contributed by atoms with Crippen molar-refractivity contribution in [1.29, 1.82) is 0 Å². The van der Waals surface area contributed by atoms with E-state index in [-0.39, 0.29) is 12.1 Å². The summed E-state index contributed by atoms with van der Waals surface area (Å²) in [5.74, 6) is 0.109. The van der Waals surface area contributed by atoms with Gasteiger partial charge in [-0.05, 0) is 25.5 Å². The molecule has 1 aliphatic rings. The van der Waals surface area contributed by atoms with Crippen molar-refractivity contribution >= 4 is 5.97 Å². The minimum absolute atomic E-state index is 0.0160. The van der Waals surface area contributed by atoms with Crippen molar-refractivity contribution in [3.05, 3.63) is 34.9 Å². The summed E-state index contributed by atoms with van der Waals surface area (Å²) in [6.07, 6.45) is -0.0160. The van der Waals surface area contributed by atoms with Gasteiger partial charge >= 0.3 is 5.97 Å². The molecular weight excluding hydrogens is 176 g/mol. The molecule has 0 saturated heterocycles. The summed E-state index contributed by atoms with van der Waals surface area (Å²) >= 11 is 0. The lowest BCUT2D eigenvalue weighted by Crippen LogP contribution is -2.28. The Labute approximate surface area is 83.9 Å². The van der Waals surface area contributed by atoms with Gasteiger partial charge in [-0.2, -0.15) is 0 Å². The Morgan fingerprint density at radius 1 is 1.29 bits per heavy atom. The molecule has 2 nitrogen and oxygen atoms in total. The van der Waals surface area contributed by atoms with Crippen LogP contribution >= 0.6 is 0 Å². The molecule has 74 valence electrons. The first-order valence-electron chi connectivity index (χ1n) is 4.91. The number of hydrogen-bond acceptors (Lipinski definition) is 2. The average Bonchev–Trinajstić information content (AvgIpc) is 2.14. The Morgan fingerprint density at radius 3 is 2.71 bits per heavy atom. The minimum Gasteiger partial charge on any atom is -0.458 e. The normalized spacial score (nSPS) is 25.5. The van der Waals surface area contributed by atoms with Crippen LogP contribution in [-0.2, 0) is 4.74 Å². The van der Waals surface area contributed by atoms with E-state index in [0.717, 1.165) is 16.7 Å². The van der Waals surface area contributed by atoms with Gasteiger partial charge in [0.05, 0.1) is 5.56 Å². The van der Waals surface area contributed by atoms with E-state index in [1.165, 1.54) is 0 Å². The van der Waals surface area contributed by atoms with Crippen molar-refractivity contribution in [2.75, 3.05) is 0 Å². The van der Waals surface area contributed by atoms with Crippen LogP contribution in [0.15, 0.2) is 18.2 Å². The number of fused-ring (bicyclic) bond motifs is 1. The molecule has 2 heteroatoms. The second kappa shape index (κ2) is 3.12. The first-order valence-corrected chi connectivity index (χ1v) is 4.91. The van der Waals surface area contributed by atoms with E-state index in [1.54, 1.807) is 0 Å². The van der Waals surface area contributed by atoms with Gasteiger partial charge in [-0.25, -0.2) is 4.79 Å². The average molecular weight is 190 g/mol. The molecule has 1 aromatic rings. The SMILES string of the molecule is Cc1ccc2c(c1)C(=O)O[C@@H](C)[C@H]2C. The van der Waals surface area contributed by atoms with Gasteiger partial charge in [-0.15, -0.1) is 0 Å². The van der Waals surface area contributed by atoms with Crippen LogP contribution in [0.3, 0.4) is 0 Å². The lowest BCUT2D eigenvalue weighted by atomic mass is 9.88. The molecule has 1 aromatic carbocycles. The van der Waals surface area contributed by atoms with E-state index < -0.39 is 0 Å². The van der Waals surface area contributed by atoms with Gasteiger partial charge in [0.15, 0.2) is 0 Å². The molecule has 0 aromatic heterocycles. The molecule has 0 amide bonds. The van der Waals surface area contributed by atoms with Crippen LogP contribution in [0, 0.1) is 6.92 Å². The Balaban J connectivity index is 2.56. The number of carbonyl (C=O) groups excluding carboxylic acids is 1. The zero-order valence-electron chi connectivity index (χ0n) is 8.70. The van der Waals surface area contributed by atoms with Crippen molar-refractivity contribution in [2.45, 2.75) is 32.8 Å². The second-order valence-electron chi connectivity index (χ2n) is 3.99. The highest BCUT2D eigenvalue weighted by molar-refractivity contribution is 5.92. The highest BCUT2D eigenvalue weighted by Crippen LogP contribution is 2.31. The van der Waals surface area contributed by atoms with Crippen LogP contribution in [0.25, 0.3) is 0 Å². The third kappa shape index (κ3) is 1.31. The first-order chi connectivity index (χ1) is 6.59. The molecule has 14 heavy (non-hydrogen) atoms. The summed E-state index contributed by atoms with van der Waals surface area (Å²) in [7, 11) is 0. The molecule has 2 rings (SSSR count). The molecule has 0 N–H and O–H groups in total. The van der Waals surface area contributed by atoms with Gasteiger partial charge in [-0.1, -0.05) is 24.6 Å².